The standard InChI is InChI=1S/C12H21N3O2S/c1-2-3-12-14-6-8-15(12)7-5-13-11-4-9-18(16,17)10-11/h6,8,11,13H,2-5,7,9-10H2,1H3. The van der Waals surface area contributed by atoms with Crippen LogP contribution in [-0.4, -0.2) is 42.1 Å². The molecule has 102 valence electrons. The summed E-state index contributed by atoms with van der Waals surface area (Å²) in [6.45, 7) is 3.79. The average Bonchev–Trinajstić information content (AvgIpc) is 2.87. The van der Waals surface area contributed by atoms with E-state index in [1.165, 1.54) is 0 Å². The summed E-state index contributed by atoms with van der Waals surface area (Å²) in [5, 5.41) is 3.32. The summed E-state index contributed by atoms with van der Waals surface area (Å²) in [4.78, 5) is 4.32. The van der Waals surface area contributed by atoms with Gasteiger partial charge in [-0.05, 0) is 12.8 Å². The molecule has 1 aromatic rings. The molecule has 6 heteroatoms. The highest BCUT2D eigenvalue weighted by Crippen LogP contribution is 2.11. The number of nitrogens with one attached hydrogen (secondary N) is 1. The third-order valence-corrected chi connectivity index (χ3v) is 5.06. The molecule has 2 rings (SSSR count). The van der Waals surface area contributed by atoms with Crippen molar-refractivity contribution in [1.29, 1.82) is 0 Å². The quantitative estimate of drug-likeness (QED) is 0.823. The summed E-state index contributed by atoms with van der Waals surface area (Å²) in [5.41, 5.74) is 0. The molecule has 18 heavy (non-hydrogen) atoms. The third-order valence-electron chi connectivity index (χ3n) is 3.29. The first-order chi connectivity index (χ1) is 8.61. The second-order valence-corrected chi connectivity index (χ2v) is 7.07. The summed E-state index contributed by atoms with van der Waals surface area (Å²) in [7, 11) is -2.78. The number of rotatable bonds is 6. The van der Waals surface area contributed by atoms with Gasteiger partial charge in [0.2, 0.25) is 0 Å². The van der Waals surface area contributed by atoms with Crippen LogP contribution in [0.2, 0.25) is 0 Å². The van der Waals surface area contributed by atoms with Gasteiger partial charge in [-0.2, -0.15) is 0 Å². The lowest BCUT2D eigenvalue weighted by atomic mass is 10.2. The highest BCUT2D eigenvalue weighted by atomic mass is 32.2. The van der Waals surface area contributed by atoms with Crippen molar-refractivity contribution >= 4 is 9.84 Å². The molecule has 1 aliphatic heterocycles. The second-order valence-electron chi connectivity index (χ2n) is 4.84. The van der Waals surface area contributed by atoms with E-state index in [9.17, 15) is 8.42 Å². The van der Waals surface area contributed by atoms with Crippen LogP contribution in [0.1, 0.15) is 25.6 Å². The maximum absolute atomic E-state index is 11.3. The van der Waals surface area contributed by atoms with Gasteiger partial charge in [0.15, 0.2) is 9.84 Å². The van der Waals surface area contributed by atoms with Gasteiger partial charge in [0.05, 0.1) is 11.5 Å². The fourth-order valence-corrected chi connectivity index (χ4v) is 4.05. The Labute approximate surface area is 109 Å². The molecular weight excluding hydrogens is 250 g/mol. The molecule has 0 radical (unpaired) electrons. The smallest absolute Gasteiger partial charge is 0.151 e. The zero-order valence-corrected chi connectivity index (χ0v) is 11.6. The summed E-state index contributed by atoms with van der Waals surface area (Å²) in [6, 6.07) is 0.133. The van der Waals surface area contributed by atoms with Gasteiger partial charge in [0.25, 0.3) is 0 Å². The van der Waals surface area contributed by atoms with Gasteiger partial charge in [-0.3, -0.25) is 0 Å². The number of aryl methyl sites for hydroxylation is 1. The molecular formula is C12H21N3O2S. The van der Waals surface area contributed by atoms with Crippen LogP contribution in [0.5, 0.6) is 0 Å². The van der Waals surface area contributed by atoms with Crippen molar-refractivity contribution in [2.24, 2.45) is 0 Å². The molecule has 1 atom stereocenters. The molecule has 0 bridgehead atoms. The Morgan fingerprint density at radius 1 is 1.56 bits per heavy atom. The zero-order chi connectivity index (χ0) is 13.0. The summed E-state index contributed by atoms with van der Waals surface area (Å²) in [5.74, 6) is 1.73. The number of imidazole rings is 1. The van der Waals surface area contributed by atoms with Crippen LogP contribution in [0.25, 0.3) is 0 Å². The van der Waals surface area contributed by atoms with Gasteiger partial charge >= 0.3 is 0 Å². The molecule has 0 saturated carbocycles. The van der Waals surface area contributed by atoms with Crippen molar-refractivity contribution < 1.29 is 8.42 Å². The molecule has 1 aromatic heterocycles. The molecule has 5 nitrogen and oxygen atoms in total. The number of hydrogen-bond donors (Lipinski definition) is 1. The first-order valence-electron chi connectivity index (χ1n) is 6.54. The summed E-state index contributed by atoms with van der Waals surface area (Å²) in [6.07, 6.45) is 6.63. The lowest BCUT2D eigenvalue weighted by molar-refractivity contribution is 0.511. The monoisotopic (exact) mass is 271 g/mol. The normalized spacial score (nSPS) is 22.4. The Morgan fingerprint density at radius 2 is 2.39 bits per heavy atom. The van der Waals surface area contributed by atoms with Crippen molar-refractivity contribution in [1.82, 2.24) is 14.9 Å². The minimum Gasteiger partial charge on any atom is -0.334 e. The Hall–Kier alpha value is -0.880. The second kappa shape index (κ2) is 5.84. The van der Waals surface area contributed by atoms with Crippen LogP contribution in [0.3, 0.4) is 0 Å². The van der Waals surface area contributed by atoms with Crippen molar-refractivity contribution in [3.05, 3.63) is 18.2 Å². The van der Waals surface area contributed by atoms with Gasteiger partial charge < -0.3 is 9.88 Å². The van der Waals surface area contributed by atoms with Gasteiger partial charge in [0.1, 0.15) is 5.82 Å². The Bertz CT molecular complexity index is 481. The van der Waals surface area contributed by atoms with Gasteiger partial charge in [-0.1, -0.05) is 6.92 Å². The maximum atomic E-state index is 11.3. The Morgan fingerprint density at radius 3 is 3.06 bits per heavy atom. The molecule has 1 aliphatic rings. The topological polar surface area (TPSA) is 64.0 Å². The lowest BCUT2D eigenvalue weighted by Crippen LogP contribution is -2.32. The molecule has 1 fully saturated rings. The van der Waals surface area contributed by atoms with Crippen LogP contribution < -0.4 is 5.32 Å². The van der Waals surface area contributed by atoms with Crippen LogP contribution in [0.4, 0.5) is 0 Å². The van der Waals surface area contributed by atoms with E-state index in [1.807, 2.05) is 12.4 Å². The van der Waals surface area contributed by atoms with Crippen molar-refractivity contribution in [2.45, 2.75) is 38.8 Å². The molecule has 2 heterocycles. The average molecular weight is 271 g/mol. The van der Waals surface area contributed by atoms with Crippen molar-refractivity contribution in [3.63, 3.8) is 0 Å². The molecule has 1 N–H and O–H groups in total. The largest absolute Gasteiger partial charge is 0.334 e. The number of hydrogen-bond acceptors (Lipinski definition) is 4. The van der Waals surface area contributed by atoms with E-state index in [-0.39, 0.29) is 6.04 Å². The highest BCUT2D eigenvalue weighted by molar-refractivity contribution is 7.91. The Balaban J connectivity index is 1.77. The lowest BCUT2D eigenvalue weighted by Gasteiger charge is -2.12. The van der Waals surface area contributed by atoms with Crippen molar-refractivity contribution in [3.8, 4) is 0 Å². The predicted molar refractivity (Wildman–Crippen MR) is 71.3 cm³/mol. The van der Waals surface area contributed by atoms with Crippen molar-refractivity contribution in [2.75, 3.05) is 18.1 Å². The summed E-state index contributed by atoms with van der Waals surface area (Å²) >= 11 is 0. The maximum Gasteiger partial charge on any atom is 0.151 e. The van der Waals surface area contributed by atoms with Gasteiger partial charge in [-0.15, -0.1) is 0 Å². The fraction of sp³-hybridized carbons (Fsp3) is 0.750. The number of nitrogens with zero attached hydrogens (tertiary/aromatic N) is 2. The Kier molecular flexibility index (Phi) is 4.40. The third kappa shape index (κ3) is 3.55. The molecule has 1 unspecified atom stereocenters. The minimum absolute atomic E-state index is 0.133. The molecule has 0 aromatic carbocycles. The van der Waals surface area contributed by atoms with Gasteiger partial charge in [0, 0.05) is 37.9 Å². The number of sulfone groups is 1. The highest BCUT2D eigenvalue weighted by Gasteiger charge is 2.26. The van der Waals surface area contributed by atoms with Crippen LogP contribution in [0.15, 0.2) is 12.4 Å². The van der Waals surface area contributed by atoms with E-state index >= 15 is 0 Å². The first kappa shape index (κ1) is 13.5. The summed E-state index contributed by atoms with van der Waals surface area (Å²) < 4.78 is 24.8. The van der Waals surface area contributed by atoms with E-state index in [2.05, 4.69) is 21.8 Å². The zero-order valence-electron chi connectivity index (χ0n) is 10.8. The molecule has 0 aliphatic carbocycles. The number of aromatic nitrogens is 2. The van der Waals surface area contributed by atoms with E-state index in [0.717, 1.165) is 38.2 Å². The van der Waals surface area contributed by atoms with Crippen LogP contribution in [-0.2, 0) is 22.8 Å². The minimum atomic E-state index is -2.78. The van der Waals surface area contributed by atoms with Gasteiger partial charge in [-0.25, -0.2) is 13.4 Å². The van der Waals surface area contributed by atoms with E-state index in [4.69, 9.17) is 0 Å². The predicted octanol–water partition coefficient (Wildman–Crippen LogP) is 0.612. The first-order valence-corrected chi connectivity index (χ1v) is 8.36. The van der Waals surface area contributed by atoms with Crippen LogP contribution >= 0.6 is 0 Å². The molecule has 0 spiro atoms. The van der Waals surface area contributed by atoms with E-state index in [1.54, 1.807) is 0 Å². The van der Waals surface area contributed by atoms with E-state index < -0.39 is 9.84 Å². The SMILES string of the molecule is CCCc1nccn1CCNC1CCS(=O)(=O)C1. The molecule has 0 amide bonds. The molecule has 1 saturated heterocycles. The fourth-order valence-electron chi connectivity index (χ4n) is 2.34. The van der Waals surface area contributed by atoms with E-state index in [0.29, 0.717) is 11.5 Å². The van der Waals surface area contributed by atoms with Crippen LogP contribution in [0, 0.1) is 0 Å².